The smallest absolute Gasteiger partial charge is 0.221 e. The fourth-order valence-electron chi connectivity index (χ4n) is 2.20. The van der Waals surface area contributed by atoms with Gasteiger partial charge in [-0.15, -0.1) is 24.0 Å². The van der Waals surface area contributed by atoms with E-state index in [4.69, 9.17) is 5.73 Å². The second-order valence-corrected chi connectivity index (χ2v) is 5.15. The normalized spacial score (nSPS) is 10.8. The van der Waals surface area contributed by atoms with Gasteiger partial charge in [0.1, 0.15) is 0 Å². The number of nitrogens with zero attached hydrogens (tertiary/aromatic N) is 1. The molecule has 0 unspecified atom stereocenters. The average Bonchev–Trinajstić information content (AvgIpc) is 2.53. The zero-order valence-corrected chi connectivity index (χ0v) is 16.6. The number of halogens is 1. The van der Waals surface area contributed by atoms with Gasteiger partial charge in [-0.25, -0.2) is 0 Å². The van der Waals surface area contributed by atoms with Crippen LogP contribution in [0, 0.1) is 0 Å². The van der Waals surface area contributed by atoms with Crippen LogP contribution in [-0.2, 0) is 17.6 Å². The van der Waals surface area contributed by atoms with Crippen LogP contribution in [0.2, 0.25) is 0 Å². The maximum Gasteiger partial charge on any atom is 0.221 e. The molecule has 1 amide bonds. The molecule has 1 rings (SSSR count). The lowest BCUT2D eigenvalue weighted by Crippen LogP contribution is -2.27. The highest BCUT2D eigenvalue weighted by atomic mass is 127. The lowest BCUT2D eigenvalue weighted by Gasteiger charge is -2.14. The number of para-hydroxylation sites is 1. The van der Waals surface area contributed by atoms with Crippen molar-refractivity contribution in [3.8, 4) is 0 Å². The predicted octanol–water partition coefficient (Wildman–Crippen LogP) is 3.07. The van der Waals surface area contributed by atoms with Crippen molar-refractivity contribution in [2.75, 3.05) is 18.4 Å². The minimum atomic E-state index is 0. The Kier molecular flexibility index (Phi) is 11.5. The minimum Gasteiger partial charge on any atom is -0.370 e. The highest BCUT2D eigenvalue weighted by Crippen LogP contribution is 2.22. The van der Waals surface area contributed by atoms with Gasteiger partial charge in [0.05, 0.1) is 6.54 Å². The van der Waals surface area contributed by atoms with Gasteiger partial charge in [0.2, 0.25) is 5.91 Å². The van der Waals surface area contributed by atoms with E-state index in [-0.39, 0.29) is 29.9 Å². The first-order chi connectivity index (χ1) is 10.6. The van der Waals surface area contributed by atoms with Crippen molar-refractivity contribution in [3.05, 3.63) is 29.3 Å². The third-order valence-corrected chi connectivity index (χ3v) is 3.45. The third kappa shape index (κ3) is 7.67. The van der Waals surface area contributed by atoms with Gasteiger partial charge in [-0.2, -0.15) is 0 Å². The molecule has 0 aliphatic heterocycles. The number of benzene rings is 1. The molecule has 0 atom stereocenters. The first kappa shape index (κ1) is 21.7. The number of amides is 1. The minimum absolute atomic E-state index is 0. The maximum atomic E-state index is 11.5. The molecule has 0 bridgehead atoms. The molecule has 1 aromatic carbocycles. The fourth-order valence-corrected chi connectivity index (χ4v) is 2.20. The molecule has 0 aromatic heterocycles. The van der Waals surface area contributed by atoms with Gasteiger partial charge < -0.3 is 16.4 Å². The summed E-state index contributed by atoms with van der Waals surface area (Å²) in [4.78, 5) is 15.7. The zero-order chi connectivity index (χ0) is 16.4. The summed E-state index contributed by atoms with van der Waals surface area (Å²) in [6, 6.07) is 6.24. The molecule has 0 spiro atoms. The lowest BCUT2D eigenvalue weighted by molar-refractivity contribution is -0.120. The van der Waals surface area contributed by atoms with Gasteiger partial charge in [0.25, 0.3) is 0 Å². The number of anilines is 1. The average molecular weight is 432 g/mol. The Balaban J connectivity index is 0.00000484. The molecule has 130 valence electrons. The molecule has 0 saturated heterocycles. The van der Waals surface area contributed by atoms with E-state index in [1.165, 1.54) is 11.1 Å². The quantitative estimate of drug-likeness (QED) is 0.336. The number of nitrogens with two attached hydrogens (primary N) is 1. The lowest BCUT2D eigenvalue weighted by atomic mass is 10.0. The molecular formula is C17H29IN4O. The van der Waals surface area contributed by atoms with Gasteiger partial charge >= 0.3 is 0 Å². The number of carbonyl (C=O) groups excluding carboxylic acids is 1. The number of carbonyl (C=O) groups is 1. The molecule has 0 aliphatic carbocycles. The Hall–Kier alpha value is -1.31. The topological polar surface area (TPSA) is 79.5 Å². The van der Waals surface area contributed by atoms with Gasteiger partial charge in [0, 0.05) is 18.7 Å². The van der Waals surface area contributed by atoms with Crippen molar-refractivity contribution in [2.24, 2.45) is 10.7 Å². The number of guanidine groups is 1. The van der Waals surface area contributed by atoms with E-state index in [1.54, 1.807) is 0 Å². The van der Waals surface area contributed by atoms with E-state index in [2.05, 4.69) is 47.7 Å². The second kappa shape index (κ2) is 12.2. The molecule has 5 nitrogen and oxygen atoms in total. The van der Waals surface area contributed by atoms with Crippen LogP contribution in [0.1, 0.15) is 44.7 Å². The Morgan fingerprint density at radius 1 is 1.17 bits per heavy atom. The first-order valence-electron chi connectivity index (χ1n) is 8.06. The first-order valence-corrected chi connectivity index (χ1v) is 8.06. The summed E-state index contributed by atoms with van der Waals surface area (Å²) in [7, 11) is 0. The molecule has 0 heterocycles. The summed E-state index contributed by atoms with van der Waals surface area (Å²) in [6.45, 7) is 7.36. The van der Waals surface area contributed by atoms with E-state index >= 15 is 0 Å². The summed E-state index contributed by atoms with van der Waals surface area (Å²) < 4.78 is 0. The Morgan fingerprint density at radius 2 is 1.78 bits per heavy atom. The molecule has 6 heteroatoms. The molecule has 0 aliphatic rings. The number of hydrogen-bond donors (Lipinski definition) is 3. The van der Waals surface area contributed by atoms with Crippen molar-refractivity contribution < 1.29 is 4.79 Å². The second-order valence-electron chi connectivity index (χ2n) is 5.15. The summed E-state index contributed by atoms with van der Waals surface area (Å²) >= 11 is 0. The largest absolute Gasteiger partial charge is 0.370 e. The molecule has 0 saturated carbocycles. The van der Waals surface area contributed by atoms with Crippen molar-refractivity contribution in [1.29, 1.82) is 0 Å². The molecule has 0 radical (unpaired) electrons. The predicted molar refractivity (Wildman–Crippen MR) is 109 cm³/mol. The van der Waals surface area contributed by atoms with Crippen molar-refractivity contribution in [2.45, 2.75) is 46.5 Å². The molecule has 1 aromatic rings. The van der Waals surface area contributed by atoms with Crippen LogP contribution in [0.4, 0.5) is 5.69 Å². The summed E-state index contributed by atoms with van der Waals surface area (Å²) in [5.74, 6) is 0.375. The Labute approximate surface area is 156 Å². The number of aryl methyl sites for hydroxylation is 2. The van der Waals surface area contributed by atoms with E-state index in [0.717, 1.165) is 24.9 Å². The number of aliphatic imine (C=N–C) groups is 1. The summed E-state index contributed by atoms with van der Waals surface area (Å²) in [6.07, 6.45) is 3.16. The van der Waals surface area contributed by atoms with Crippen molar-refractivity contribution in [1.82, 2.24) is 5.32 Å². The van der Waals surface area contributed by atoms with Crippen LogP contribution in [0.3, 0.4) is 0 Å². The number of hydrogen-bond acceptors (Lipinski definition) is 2. The van der Waals surface area contributed by atoms with Crippen LogP contribution in [0.15, 0.2) is 23.2 Å². The fraction of sp³-hybridized carbons (Fsp3) is 0.529. The van der Waals surface area contributed by atoms with Crippen molar-refractivity contribution in [3.63, 3.8) is 0 Å². The molecular weight excluding hydrogens is 403 g/mol. The maximum absolute atomic E-state index is 11.5. The highest BCUT2D eigenvalue weighted by molar-refractivity contribution is 14.0. The third-order valence-electron chi connectivity index (χ3n) is 3.45. The van der Waals surface area contributed by atoms with Crippen LogP contribution in [-0.4, -0.2) is 25.0 Å². The van der Waals surface area contributed by atoms with Gasteiger partial charge in [0.15, 0.2) is 5.96 Å². The Bertz CT molecular complexity index is 495. The molecule has 23 heavy (non-hydrogen) atoms. The zero-order valence-electron chi connectivity index (χ0n) is 14.3. The van der Waals surface area contributed by atoms with Crippen LogP contribution in [0.5, 0.6) is 0 Å². The van der Waals surface area contributed by atoms with Crippen molar-refractivity contribution >= 4 is 41.5 Å². The highest BCUT2D eigenvalue weighted by Gasteiger charge is 2.07. The van der Waals surface area contributed by atoms with Gasteiger partial charge in [-0.1, -0.05) is 39.0 Å². The standard InChI is InChI=1S/C17H28N4O.HI/c1-4-11-19-15(22)10-12-20-17(18)21-16-13(5-2)8-7-9-14(16)6-3;/h7-9H,4-6,10-12H2,1-3H3,(H,19,22)(H3,18,20,21);1H. The molecule has 4 N–H and O–H groups in total. The number of rotatable bonds is 8. The van der Waals surface area contributed by atoms with Gasteiger partial charge in [-0.05, 0) is 30.4 Å². The van der Waals surface area contributed by atoms with E-state index in [9.17, 15) is 4.79 Å². The van der Waals surface area contributed by atoms with Crippen LogP contribution >= 0.6 is 24.0 Å². The van der Waals surface area contributed by atoms with E-state index in [1.807, 2.05) is 6.92 Å². The number of nitrogens with one attached hydrogen (secondary N) is 2. The monoisotopic (exact) mass is 432 g/mol. The Morgan fingerprint density at radius 3 is 2.30 bits per heavy atom. The van der Waals surface area contributed by atoms with Crippen LogP contribution in [0.25, 0.3) is 0 Å². The van der Waals surface area contributed by atoms with E-state index in [0.29, 0.717) is 25.5 Å². The summed E-state index contributed by atoms with van der Waals surface area (Å²) in [5, 5.41) is 6.02. The van der Waals surface area contributed by atoms with Crippen LogP contribution < -0.4 is 16.4 Å². The van der Waals surface area contributed by atoms with E-state index < -0.39 is 0 Å². The molecule has 0 fully saturated rings. The SMILES string of the molecule is CCCNC(=O)CCN=C(N)Nc1c(CC)cccc1CC.I. The van der Waals surface area contributed by atoms with Gasteiger partial charge in [-0.3, -0.25) is 9.79 Å². The summed E-state index contributed by atoms with van der Waals surface area (Å²) in [5.41, 5.74) is 9.43.